The molecule has 0 aliphatic heterocycles. The summed E-state index contributed by atoms with van der Waals surface area (Å²) < 4.78 is 27.6. The van der Waals surface area contributed by atoms with Gasteiger partial charge in [0.1, 0.15) is 0 Å². The smallest absolute Gasteiger partial charge is 0.207 e. The zero-order chi connectivity index (χ0) is 17.9. The number of sulfonamides is 1. The van der Waals surface area contributed by atoms with Gasteiger partial charge in [-0.1, -0.05) is 52.7 Å². The largest absolute Gasteiger partial charge is 0.243 e. The van der Waals surface area contributed by atoms with Crippen molar-refractivity contribution in [2.75, 3.05) is 7.05 Å². The molecule has 0 amide bonds. The predicted molar refractivity (Wildman–Crippen MR) is 101 cm³/mol. The van der Waals surface area contributed by atoms with Crippen LogP contribution in [0.15, 0.2) is 29.2 Å². The van der Waals surface area contributed by atoms with E-state index in [0.717, 1.165) is 19.3 Å². The lowest BCUT2D eigenvalue weighted by Gasteiger charge is -2.35. The lowest BCUT2D eigenvalue weighted by Crippen LogP contribution is -2.40. The monoisotopic (exact) mass is 351 g/mol. The third-order valence-corrected chi connectivity index (χ3v) is 7.22. The molecule has 2 atom stereocenters. The zero-order valence-electron chi connectivity index (χ0n) is 15.8. The molecule has 0 saturated heterocycles. The van der Waals surface area contributed by atoms with E-state index in [9.17, 15) is 8.42 Å². The van der Waals surface area contributed by atoms with Crippen molar-refractivity contribution < 1.29 is 8.42 Å². The first-order valence-corrected chi connectivity index (χ1v) is 10.7. The summed E-state index contributed by atoms with van der Waals surface area (Å²) in [6.07, 6.45) is 5.56. The van der Waals surface area contributed by atoms with Crippen molar-refractivity contribution in [3.63, 3.8) is 0 Å². The lowest BCUT2D eigenvalue weighted by molar-refractivity contribution is 0.208. The van der Waals surface area contributed by atoms with Gasteiger partial charge in [0.15, 0.2) is 0 Å². The van der Waals surface area contributed by atoms with Crippen LogP contribution in [0.1, 0.15) is 71.3 Å². The van der Waals surface area contributed by atoms with Gasteiger partial charge in [0.25, 0.3) is 0 Å². The van der Waals surface area contributed by atoms with Crippen molar-refractivity contribution >= 4 is 10.0 Å². The summed E-state index contributed by atoms with van der Waals surface area (Å²) in [4.78, 5) is 0.417. The molecule has 3 nitrogen and oxygen atoms in total. The van der Waals surface area contributed by atoms with E-state index in [4.69, 9.17) is 0 Å². The van der Waals surface area contributed by atoms with Crippen LogP contribution in [0.25, 0.3) is 0 Å². The molecule has 0 spiro atoms. The van der Waals surface area contributed by atoms with E-state index in [1.165, 1.54) is 18.4 Å². The Morgan fingerprint density at radius 2 is 1.71 bits per heavy atom. The maximum atomic E-state index is 13.0. The first kappa shape index (κ1) is 19.5. The third-order valence-electron chi connectivity index (χ3n) is 5.30. The quantitative estimate of drug-likeness (QED) is 0.720. The Morgan fingerprint density at radius 3 is 2.25 bits per heavy atom. The van der Waals surface area contributed by atoms with Gasteiger partial charge in [0.05, 0.1) is 4.90 Å². The summed E-state index contributed by atoms with van der Waals surface area (Å²) in [5.74, 6) is 1.75. The van der Waals surface area contributed by atoms with Gasteiger partial charge < -0.3 is 0 Å². The molecule has 24 heavy (non-hydrogen) atoms. The second kappa shape index (κ2) is 8.01. The molecule has 1 saturated carbocycles. The maximum absolute atomic E-state index is 13.0. The van der Waals surface area contributed by atoms with E-state index >= 15 is 0 Å². The topological polar surface area (TPSA) is 37.4 Å². The molecule has 2 unspecified atom stereocenters. The van der Waals surface area contributed by atoms with Crippen LogP contribution in [-0.2, 0) is 10.0 Å². The minimum atomic E-state index is -3.40. The van der Waals surface area contributed by atoms with E-state index in [0.29, 0.717) is 22.6 Å². The van der Waals surface area contributed by atoms with E-state index < -0.39 is 10.0 Å². The number of hydrogen-bond acceptors (Lipinski definition) is 2. The highest BCUT2D eigenvalue weighted by atomic mass is 32.2. The Labute approximate surface area is 148 Å². The molecular formula is C20H33NO2S. The van der Waals surface area contributed by atoms with Crippen LogP contribution in [0.3, 0.4) is 0 Å². The third kappa shape index (κ3) is 4.60. The van der Waals surface area contributed by atoms with Crippen LogP contribution in [0.4, 0.5) is 0 Å². The molecule has 0 bridgehead atoms. The number of benzene rings is 1. The molecule has 1 aromatic rings. The van der Waals surface area contributed by atoms with Gasteiger partial charge in [-0.15, -0.1) is 0 Å². The predicted octanol–water partition coefficient (Wildman–Crippen LogP) is 5.04. The highest BCUT2D eigenvalue weighted by molar-refractivity contribution is 7.89. The summed E-state index contributed by atoms with van der Waals surface area (Å²) in [7, 11) is -1.64. The molecule has 1 fully saturated rings. The van der Waals surface area contributed by atoms with Gasteiger partial charge >= 0.3 is 0 Å². The molecule has 4 heteroatoms. The first-order valence-electron chi connectivity index (χ1n) is 9.29. The summed E-state index contributed by atoms with van der Waals surface area (Å²) >= 11 is 0. The normalized spacial score (nSPS) is 22.5. The number of nitrogens with zero attached hydrogens (tertiary/aromatic N) is 1. The van der Waals surface area contributed by atoms with E-state index in [1.54, 1.807) is 23.5 Å². The fourth-order valence-corrected chi connectivity index (χ4v) is 5.26. The highest BCUT2D eigenvalue weighted by Crippen LogP contribution is 2.33. The van der Waals surface area contributed by atoms with Crippen LogP contribution in [0, 0.1) is 11.8 Å². The van der Waals surface area contributed by atoms with Gasteiger partial charge in [-0.25, -0.2) is 8.42 Å². The highest BCUT2D eigenvalue weighted by Gasteiger charge is 2.32. The van der Waals surface area contributed by atoms with Gasteiger partial charge in [0, 0.05) is 13.1 Å². The van der Waals surface area contributed by atoms with Gasteiger partial charge in [-0.2, -0.15) is 4.31 Å². The van der Waals surface area contributed by atoms with Crippen molar-refractivity contribution in [2.45, 2.75) is 76.7 Å². The van der Waals surface area contributed by atoms with Gasteiger partial charge in [-0.3, -0.25) is 0 Å². The van der Waals surface area contributed by atoms with Gasteiger partial charge in [-0.05, 0) is 54.7 Å². The Hall–Kier alpha value is -0.870. The fourth-order valence-electron chi connectivity index (χ4n) is 3.86. The van der Waals surface area contributed by atoms with Gasteiger partial charge in [0.2, 0.25) is 10.0 Å². The molecule has 0 heterocycles. The summed E-state index contributed by atoms with van der Waals surface area (Å²) in [5.41, 5.74) is 1.17. The molecule has 136 valence electrons. The van der Waals surface area contributed by atoms with Crippen LogP contribution >= 0.6 is 0 Å². The molecule has 1 aliphatic rings. The molecule has 0 radical (unpaired) electrons. The van der Waals surface area contributed by atoms with Crippen molar-refractivity contribution in [2.24, 2.45) is 11.8 Å². The Kier molecular flexibility index (Phi) is 6.49. The number of hydrogen-bond donors (Lipinski definition) is 0. The maximum Gasteiger partial charge on any atom is 0.243 e. The Bertz CT molecular complexity index is 620. The molecule has 0 aromatic heterocycles. The molecule has 1 aromatic carbocycles. The lowest BCUT2D eigenvalue weighted by atomic mass is 9.81. The molecule has 1 aliphatic carbocycles. The average Bonchev–Trinajstić information content (AvgIpc) is 2.53. The van der Waals surface area contributed by atoms with Crippen molar-refractivity contribution in [3.05, 3.63) is 29.8 Å². The van der Waals surface area contributed by atoms with Crippen molar-refractivity contribution in [1.29, 1.82) is 0 Å². The second-order valence-corrected chi connectivity index (χ2v) is 10.1. The SMILES string of the molecule is CC(C)CC1CCCC(N(C)S(=O)(=O)c2ccc(C(C)C)cc2)C1. The Balaban J connectivity index is 2.13. The summed E-state index contributed by atoms with van der Waals surface area (Å²) in [6, 6.07) is 7.53. The molecule has 0 N–H and O–H groups in total. The van der Waals surface area contributed by atoms with Crippen LogP contribution < -0.4 is 0 Å². The summed E-state index contributed by atoms with van der Waals surface area (Å²) in [5, 5.41) is 0. The molecule has 2 rings (SSSR count). The van der Waals surface area contributed by atoms with Crippen LogP contribution in [0.2, 0.25) is 0 Å². The van der Waals surface area contributed by atoms with Crippen LogP contribution in [-0.4, -0.2) is 25.8 Å². The second-order valence-electron chi connectivity index (χ2n) is 8.06. The average molecular weight is 352 g/mol. The Morgan fingerprint density at radius 1 is 1.08 bits per heavy atom. The van der Waals surface area contributed by atoms with Crippen molar-refractivity contribution in [3.8, 4) is 0 Å². The van der Waals surface area contributed by atoms with Crippen LogP contribution in [0.5, 0.6) is 0 Å². The van der Waals surface area contributed by atoms with E-state index in [1.807, 2.05) is 12.1 Å². The first-order chi connectivity index (χ1) is 11.2. The standard InChI is InChI=1S/C20H33NO2S/c1-15(2)13-17-7-6-8-19(14-17)21(5)24(22,23)20-11-9-18(10-12-20)16(3)4/h9-12,15-17,19H,6-8,13-14H2,1-5H3. The van der Waals surface area contributed by atoms with Crippen molar-refractivity contribution in [1.82, 2.24) is 4.31 Å². The number of rotatable bonds is 6. The fraction of sp³-hybridized carbons (Fsp3) is 0.700. The van der Waals surface area contributed by atoms with E-state index in [2.05, 4.69) is 27.7 Å². The van der Waals surface area contributed by atoms with E-state index in [-0.39, 0.29) is 6.04 Å². The minimum absolute atomic E-state index is 0.136. The zero-order valence-corrected chi connectivity index (χ0v) is 16.6. The molecular weight excluding hydrogens is 318 g/mol. The summed E-state index contributed by atoms with van der Waals surface area (Å²) in [6.45, 7) is 8.74. The minimum Gasteiger partial charge on any atom is -0.207 e.